The molecule has 1 aliphatic rings. The fourth-order valence-electron chi connectivity index (χ4n) is 2.27. The summed E-state index contributed by atoms with van der Waals surface area (Å²) in [5, 5.41) is 0. The van der Waals surface area contributed by atoms with Gasteiger partial charge >= 0.3 is 12.3 Å². The minimum absolute atomic E-state index is 0.105. The summed E-state index contributed by atoms with van der Waals surface area (Å²) in [6, 6.07) is 3.29. The zero-order chi connectivity index (χ0) is 18.8. The van der Waals surface area contributed by atoms with Crippen molar-refractivity contribution in [1.82, 2.24) is 4.90 Å². The van der Waals surface area contributed by atoms with Crippen molar-refractivity contribution in [3.63, 3.8) is 0 Å². The van der Waals surface area contributed by atoms with Crippen molar-refractivity contribution in [2.24, 2.45) is 0 Å². The molecule has 140 valence electrons. The second-order valence-electron chi connectivity index (χ2n) is 6.84. The molecular formula is C17H22F3NO4. The molecule has 0 atom stereocenters. The number of methoxy groups -OCH3 is 1. The highest BCUT2D eigenvalue weighted by Gasteiger charge is 2.35. The molecule has 0 bridgehead atoms. The lowest BCUT2D eigenvalue weighted by atomic mass is 10.1. The Kier molecular flexibility index (Phi) is 5.51. The molecule has 1 aliphatic heterocycles. The Bertz CT molecular complexity index is 619. The van der Waals surface area contributed by atoms with Crippen LogP contribution in [0.1, 0.15) is 31.9 Å². The minimum Gasteiger partial charge on any atom is -0.496 e. The summed E-state index contributed by atoms with van der Waals surface area (Å²) in [6.45, 7) is 6.24. The zero-order valence-corrected chi connectivity index (χ0v) is 14.6. The quantitative estimate of drug-likeness (QED) is 0.817. The van der Waals surface area contributed by atoms with E-state index in [-0.39, 0.29) is 18.5 Å². The van der Waals surface area contributed by atoms with Gasteiger partial charge in [0.2, 0.25) is 0 Å². The molecule has 1 fully saturated rings. The number of halogens is 3. The van der Waals surface area contributed by atoms with Gasteiger partial charge in [-0.1, -0.05) is 6.07 Å². The van der Waals surface area contributed by atoms with E-state index in [0.717, 1.165) is 12.1 Å². The molecular weight excluding hydrogens is 339 g/mol. The molecule has 0 spiro atoms. The molecule has 0 radical (unpaired) electrons. The number of benzene rings is 1. The lowest BCUT2D eigenvalue weighted by Crippen LogP contribution is -2.55. The molecule has 0 N–H and O–H groups in total. The largest absolute Gasteiger partial charge is 0.496 e. The number of carbonyl (C=O) groups is 1. The maximum atomic E-state index is 12.7. The van der Waals surface area contributed by atoms with Gasteiger partial charge < -0.3 is 19.1 Å². The SMILES string of the molecule is COc1cc(C(F)(F)F)ccc1COC1CN(C(=O)OC(C)(C)C)C1. The van der Waals surface area contributed by atoms with Crippen molar-refractivity contribution in [2.45, 2.75) is 45.3 Å². The monoisotopic (exact) mass is 361 g/mol. The number of rotatable bonds is 4. The van der Waals surface area contributed by atoms with E-state index < -0.39 is 23.4 Å². The summed E-state index contributed by atoms with van der Waals surface area (Å²) >= 11 is 0. The third-order valence-electron chi connectivity index (χ3n) is 3.59. The smallest absolute Gasteiger partial charge is 0.416 e. The average Bonchev–Trinajstić information content (AvgIpc) is 2.42. The van der Waals surface area contributed by atoms with E-state index in [0.29, 0.717) is 18.7 Å². The third-order valence-corrected chi connectivity index (χ3v) is 3.59. The predicted molar refractivity (Wildman–Crippen MR) is 84.4 cm³/mol. The van der Waals surface area contributed by atoms with Gasteiger partial charge in [-0.25, -0.2) is 4.79 Å². The number of nitrogens with zero attached hydrogens (tertiary/aromatic N) is 1. The highest BCUT2D eigenvalue weighted by Crippen LogP contribution is 2.33. The molecule has 2 rings (SSSR count). The molecule has 0 aliphatic carbocycles. The number of alkyl halides is 3. The van der Waals surface area contributed by atoms with Gasteiger partial charge in [-0.3, -0.25) is 0 Å². The summed E-state index contributed by atoms with van der Waals surface area (Å²) in [5.74, 6) is 0.123. The standard InChI is InChI=1S/C17H22F3NO4/c1-16(2,3)25-15(22)21-8-13(9-21)24-10-11-5-6-12(17(18,19)20)7-14(11)23-4/h5-7,13H,8-10H2,1-4H3. The number of amides is 1. The Hall–Kier alpha value is -1.96. The summed E-state index contributed by atoms with van der Waals surface area (Å²) in [4.78, 5) is 13.3. The van der Waals surface area contributed by atoms with Gasteiger partial charge in [0.05, 0.1) is 38.5 Å². The molecule has 1 aromatic carbocycles. The molecule has 1 amide bonds. The molecule has 1 saturated heterocycles. The molecule has 5 nitrogen and oxygen atoms in total. The lowest BCUT2D eigenvalue weighted by molar-refractivity contribution is -0.137. The second-order valence-corrected chi connectivity index (χ2v) is 6.84. The number of likely N-dealkylation sites (tertiary alicyclic amines) is 1. The van der Waals surface area contributed by atoms with Crippen LogP contribution in [0.15, 0.2) is 18.2 Å². The van der Waals surface area contributed by atoms with Gasteiger partial charge in [0.1, 0.15) is 11.4 Å². The summed E-state index contributed by atoms with van der Waals surface area (Å²) < 4.78 is 54.0. The lowest BCUT2D eigenvalue weighted by Gasteiger charge is -2.39. The average molecular weight is 361 g/mol. The summed E-state index contributed by atoms with van der Waals surface area (Å²) in [6.07, 6.45) is -5.01. The Morgan fingerprint density at radius 3 is 2.40 bits per heavy atom. The predicted octanol–water partition coefficient (Wildman–Crippen LogP) is 3.85. The topological polar surface area (TPSA) is 48.0 Å². The first kappa shape index (κ1) is 19.4. The van der Waals surface area contributed by atoms with E-state index >= 15 is 0 Å². The van der Waals surface area contributed by atoms with E-state index in [1.165, 1.54) is 18.1 Å². The number of hydrogen-bond donors (Lipinski definition) is 0. The van der Waals surface area contributed by atoms with Crippen LogP contribution in [0.5, 0.6) is 5.75 Å². The van der Waals surface area contributed by atoms with E-state index in [2.05, 4.69) is 0 Å². The Morgan fingerprint density at radius 2 is 1.88 bits per heavy atom. The number of hydrogen-bond acceptors (Lipinski definition) is 4. The van der Waals surface area contributed by atoms with E-state index in [1.807, 2.05) is 0 Å². The Morgan fingerprint density at radius 1 is 1.24 bits per heavy atom. The van der Waals surface area contributed by atoms with Gasteiger partial charge in [0.25, 0.3) is 0 Å². The molecule has 1 aromatic rings. The highest BCUT2D eigenvalue weighted by molar-refractivity contribution is 5.69. The fourth-order valence-corrected chi connectivity index (χ4v) is 2.27. The molecule has 1 heterocycles. The molecule has 25 heavy (non-hydrogen) atoms. The van der Waals surface area contributed by atoms with Crippen LogP contribution >= 0.6 is 0 Å². The Balaban J connectivity index is 1.86. The van der Waals surface area contributed by atoms with Crippen molar-refractivity contribution in [1.29, 1.82) is 0 Å². The first-order valence-electron chi connectivity index (χ1n) is 7.83. The molecule has 0 aromatic heterocycles. The van der Waals surface area contributed by atoms with Crippen molar-refractivity contribution < 1.29 is 32.2 Å². The van der Waals surface area contributed by atoms with Crippen LogP contribution in [0.25, 0.3) is 0 Å². The third kappa shape index (κ3) is 5.26. The van der Waals surface area contributed by atoms with Crippen molar-refractivity contribution in [3.8, 4) is 5.75 Å². The number of carbonyl (C=O) groups excluding carboxylic acids is 1. The molecule has 0 unspecified atom stereocenters. The van der Waals surface area contributed by atoms with Crippen molar-refractivity contribution in [3.05, 3.63) is 29.3 Å². The van der Waals surface area contributed by atoms with E-state index in [1.54, 1.807) is 20.8 Å². The minimum atomic E-state index is -4.42. The van der Waals surface area contributed by atoms with Crippen LogP contribution in [0.4, 0.5) is 18.0 Å². The van der Waals surface area contributed by atoms with Gasteiger partial charge in [-0.15, -0.1) is 0 Å². The van der Waals surface area contributed by atoms with Gasteiger partial charge in [0, 0.05) is 5.56 Å². The van der Waals surface area contributed by atoms with Crippen LogP contribution in [-0.4, -0.2) is 42.9 Å². The van der Waals surface area contributed by atoms with Crippen molar-refractivity contribution >= 4 is 6.09 Å². The Labute approximate surface area is 144 Å². The first-order valence-corrected chi connectivity index (χ1v) is 7.83. The fraction of sp³-hybridized carbons (Fsp3) is 0.588. The maximum Gasteiger partial charge on any atom is 0.416 e. The zero-order valence-electron chi connectivity index (χ0n) is 14.6. The van der Waals surface area contributed by atoms with Crippen LogP contribution < -0.4 is 4.74 Å². The normalized spacial score (nSPS) is 15.7. The van der Waals surface area contributed by atoms with E-state index in [9.17, 15) is 18.0 Å². The highest BCUT2D eigenvalue weighted by atomic mass is 19.4. The van der Waals surface area contributed by atoms with Crippen LogP contribution in [0.2, 0.25) is 0 Å². The van der Waals surface area contributed by atoms with Gasteiger partial charge in [0.15, 0.2) is 0 Å². The van der Waals surface area contributed by atoms with Gasteiger partial charge in [-0.2, -0.15) is 13.2 Å². The maximum absolute atomic E-state index is 12.7. The van der Waals surface area contributed by atoms with Crippen LogP contribution in [0.3, 0.4) is 0 Å². The number of ether oxygens (including phenoxy) is 3. The molecule has 8 heteroatoms. The molecule has 0 saturated carbocycles. The van der Waals surface area contributed by atoms with Crippen LogP contribution in [-0.2, 0) is 22.3 Å². The second kappa shape index (κ2) is 7.11. The van der Waals surface area contributed by atoms with Crippen molar-refractivity contribution in [2.75, 3.05) is 20.2 Å². The van der Waals surface area contributed by atoms with Gasteiger partial charge in [-0.05, 0) is 32.9 Å². The summed E-state index contributed by atoms with van der Waals surface area (Å²) in [5.41, 5.74) is -0.810. The van der Waals surface area contributed by atoms with E-state index in [4.69, 9.17) is 14.2 Å². The summed E-state index contributed by atoms with van der Waals surface area (Å²) in [7, 11) is 1.31. The van der Waals surface area contributed by atoms with Crippen LogP contribution in [0, 0.1) is 0 Å². The first-order chi connectivity index (χ1) is 11.5.